The third-order valence-electron chi connectivity index (χ3n) is 2.09. The Morgan fingerprint density at radius 1 is 1.69 bits per heavy atom. The Balaban J connectivity index is 2.90. The SMILES string of the molecule is CC(O)CN(C)c1ccnc(C(N)=NO)c1. The van der Waals surface area contributed by atoms with Crippen LogP contribution in [0, 0.1) is 0 Å². The first-order valence-corrected chi connectivity index (χ1v) is 4.87. The van der Waals surface area contributed by atoms with Gasteiger partial charge >= 0.3 is 0 Å². The molecule has 1 unspecified atom stereocenters. The number of likely N-dealkylation sites (N-methyl/N-ethyl adjacent to an activating group) is 1. The molecule has 0 saturated heterocycles. The lowest BCUT2D eigenvalue weighted by molar-refractivity contribution is 0.201. The minimum absolute atomic E-state index is 0.0349. The molecule has 6 heteroatoms. The largest absolute Gasteiger partial charge is 0.409 e. The van der Waals surface area contributed by atoms with E-state index in [2.05, 4.69) is 10.1 Å². The quantitative estimate of drug-likeness (QED) is 0.289. The maximum absolute atomic E-state index is 9.26. The minimum atomic E-state index is -0.425. The first-order chi connectivity index (χ1) is 7.54. The van der Waals surface area contributed by atoms with Gasteiger partial charge in [0.05, 0.1) is 6.10 Å². The number of aromatic nitrogens is 1. The van der Waals surface area contributed by atoms with Gasteiger partial charge in [0.2, 0.25) is 0 Å². The fraction of sp³-hybridized carbons (Fsp3) is 0.400. The van der Waals surface area contributed by atoms with Gasteiger partial charge in [-0.05, 0) is 19.1 Å². The first-order valence-electron chi connectivity index (χ1n) is 4.87. The van der Waals surface area contributed by atoms with Crippen LogP contribution in [0.3, 0.4) is 0 Å². The molecule has 0 saturated carbocycles. The molecule has 16 heavy (non-hydrogen) atoms. The Morgan fingerprint density at radius 3 is 2.94 bits per heavy atom. The number of oxime groups is 1. The third kappa shape index (κ3) is 3.09. The van der Waals surface area contributed by atoms with Crippen molar-refractivity contribution in [2.24, 2.45) is 10.9 Å². The van der Waals surface area contributed by atoms with Crippen LogP contribution < -0.4 is 10.6 Å². The molecule has 0 aliphatic heterocycles. The van der Waals surface area contributed by atoms with Gasteiger partial charge in [0, 0.05) is 25.5 Å². The Morgan fingerprint density at radius 2 is 2.38 bits per heavy atom. The summed E-state index contributed by atoms with van der Waals surface area (Å²) in [6.07, 6.45) is 1.15. The van der Waals surface area contributed by atoms with Crippen LogP contribution in [0.4, 0.5) is 5.69 Å². The molecular formula is C10H16N4O2. The first kappa shape index (κ1) is 12.3. The highest BCUT2D eigenvalue weighted by atomic mass is 16.4. The number of hydrogen-bond acceptors (Lipinski definition) is 5. The zero-order valence-electron chi connectivity index (χ0n) is 9.33. The number of pyridine rings is 1. The molecule has 1 heterocycles. The van der Waals surface area contributed by atoms with Gasteiger partial charge < -0.3 is 20.9 Å². The van der Waals surface area contributed by atoms with E-state index in [1.54, 1.807) is 25.3 Å². The van der Waals surface area contributed by atoms with Crippen LogP contribution in [0.1, 0.15) is 12.6 Å². The van der Waals surface area contributed by atoms with Crippen LogP contribution in [0.2, 0.25) is 0 Å². The second-order valence-electron chi connectivity index (χ2n) is 3.61. The molecule has 88 valence electrons. The number of hydrogen-bond donors (Lipinski definition) is 3. The van der Waals surface area contributed by atoms with E-state index >= 15 is 0 Å². The molecule has 0 amide bonds. The van der Waals surface area contributed by atoms with Gasteiger partial charge in [-0.25, -0.2) is 0 Å². The number of aliphatic hydroxyl groups excluding tert-OH is 1. The van der Waals surface area contributed by atoms with Crippen molar-refractivity contribution < 1.29 is 10.3 Å². The average Bonchev–Trinajstić information content (AvgIpc) is 2.27. The standard InChI is InChI=1S/C10H16N4O2/c1-7(15)6-14(2)8-3-4-12-9(5-8)10(11)13-16/h3-5,7,15-16H,6H2,1-2H3,(H2,11,13). The van der Waals surface area contributed by atoms with Crippen molar-refractivity contribution in [3.8, 4) is 0 Å². The van der Waals surface area contributed by atoms with Gasteiger partial charge in [0.25, 0.3) is 0 Å². The van der Waals surface area contributed by atoms with Crippen molar-refractivity contribution in [2.45, 2.75) is 13.0 Å². The van der Waals surface area contributed by atoms with E-state index in [0.717, 1.165) is 5.69 Å². The van der Waals surface area contributed by atoms with Crippen molar-refractivity contribution in [2.75, 3.05) is 18.5 Å². The minimum Gasteiger partial charge on any atom is -0.409 e. The van der Waals surface area contributed by atoms with Crippen molar-refractivity contribution in [3.63, 3.8) is 0 Å². The van der Waals surface area contributed by atoms with E-state index in [-0.39, 0.29) is 5.84 Å². The van der Waals surface area contributed by atoms with Crippen LogP contribution in [0.15, 0.2) is 23.5 Å². The zero-order chi connectivity index (χ0) is 12.1. The van der Waals surface area contributed by atoms with Crippen LogP contribution in [0.5, 0.6) is 0 Å². The molecule has 0 radical (unpaired) electrons. The molecule has 0 aliphatic rings. The van der Waals surface area contributed by atoms with E-state index in [1.165, 1.54) is 0 Å². The highest BCUT2D eigenvalue weighted by Gasteiger charge is 2.07. The van der Waals surface area contributed by atoms with Crippen LogP contribution in [-0.4, -0.2) is 40.8 Å². The molecule has 6 nitrogen and oxygen atoms in total. The lowest BCUT2D eigenvalue weighted by atomic mass is 10.2. The summed E-state index contributed by atoms with van der Waals surface area (Å²) in [6, 6.07) is 3.48. The fourth-order valence-electron chi connectivity index (χ4n) is 1.35. The average molecular weight is 224 g/mol. The predicted molar refractivity (Wildman–Crippen MR) is 61.7 cm³/mol. The maximum Gasteiger partial charge on any atom is 0.188 e. The molecule has 1 aromatic rings. The summed E-state index contributed by atoms with van der Waals surface area (Å²) in [6.45, 7) is 2.21. The summed E-state index contributed by atoms with van der Waals surface area (Å²) < 4.78 is 0. The van der Waals surface area contributed by atoms with E-state index < -0.39 is 6.10 Å². The monoisotopic (exact) mass is 224 g/mol. The summed E-state index contributed by atoms with van der Waals surface area (Å²) in [5.41, 5.74) is 6.68. The number of nitrogens with two attached hydrogens (primary N) is 1. The van der Waals surface area contributed by atoms with Crippen LogP contribution >= 0.6 is 0 Å². The Bertz CT molecular complexity index is 379. The molecule has 0 aromatic carbocycles. The summed E-state index contributed by atoms with van der Waals surface area (Å²) in [7, 11) is 1.85. The predicted octanol–water partition coefficient (Wildman–Crippen LogP) is -0.00690. The normalized spacial score (nSPS) is 13.6. The van der Waals surface area contributed by atoms with E-state index in [1.807, 2.05) is 11.9 Å². The summed E-state index contributed by atoms with van der Waals surface area (Å²) in [4.78, 5) is 5.83. The summed E-state index contributed by atoms with van der Waals surface area (Å²) in [5.74, 6) is -0.0349. The number of nitrogens with zero attached hydrogens (tertiary/aromatic N) is 3. The highest BCUT2D eigenvalue weighted by molar-refractivity contribution is 5.95. The van der Waals surface area contributed by atoms with Gasteiger partial charge in [-0.1, -0.05) is 5.16 Å². The smallest absolute Gasteiger partial charge is 0.188 e. The zero-order valence-corrected chi connectivity index (χ0v) is 9.33. The molecule has 0 aliphatic carbocycles. The van der Waals surface area contributed by atoms with Crippen molar-refractivity contribution in [3.05, 3.63) is 24.0 Å². The van der Waals surface area contributed by atoms with Gasteiger partial charge in [0.15, 0.2) is 5.84 Å². The lowest BCUT2D eigenvalue weighted by Crippen LogP contribution is -2.27. The number of amidine groups is 1. The maximum atomic E-state index is 9.26. The number of anilines is 1. The molecule has 0 bridgehead atoms. The Kier molecular flexibility index (Phi) is 4.07. The van der Waals surface area contributed by atoms with Gasteiger partial charge in [-0.15, -0.1) is 0 Å². The van der Waals surface area contributed by atoms with Crippen molar-refractivity contribution >= 4 is 11.5 Å². The van der Waals surface area contributed by atoms with Gasteiger partial charge in [-0.3, -0.25) is 4.98 Å². The molecule has 1 aromatic heterocycles. The summed E-state index contributed by atoms with van der Waals surface area (Å²) in [5, 5.41) is 20.7. The molecule has 0 fully saturated rings. The third-order valence-corrected chi connectivity index (χ3v) is 2.09. The van der Waals surface area contributed by atoms with Crippen LogP contribution in [-0.2, 0) is 0 Å². The van der Waals surface area contributed by atoms with E-state index in [0.29, 0.717) is 12.2 Å². The highest BCUT2D eigenvalue weighted by Crippen LogP contribution is 2.13. The Labute approximate surface area is 94.0 Å². The van der Waals surface area contributed by atoms with E-state index in [4.69, 9.17) is 10.9 Å². The molecule has 1 rings (SSSR count). The molecule has 0 spiro atoms. The van der Waals surface area contributed by atoms with E-state index in [9.17, 15) is 5.11 Å². The lowest BCUT2D eigenvalue weighted by Gasteiger charge is -2.21. The summed E-state index contributed by atoms with van der Waals surface area (Å²) >= 11 is 0. The fourth-order valence-corrected chi connectivity index (χ4v) is 1.35. The second-order valence-corrected chi connectivity index (χ2v) is 3.61. The topological polar surface area (TPSA) is 95.0 Å². The second kappa shape index (κ2) is 5.32. The van der Waals surface area contributed by atoms with Crippen LogP contribution in [0.25, 0.3) is 0 Å². The van der Waals surface area contributed by atoms with Crippen molar-refractivity contribution in [1.29, 1.82) is 0 Å². The molecule has 1 atom stereocenters. The number of rotatable bonds is 4. The molecular weight excluding hydrogens is 208 g/mol. The Hall–Kier alpha value is -1.82. The number of aliphatic hydroxyl groups is 1. The van der Waals surface area contributed by atoms with Gasteiger partial charge in [-0.2, -0.15) is 0 Å². The van der Waals surface area contributed by atoms with Crippen molar-refractivity contribution in [1.82, 2.24) is 4.98 Å². The van der Waals surface area contributed by atoms with Gasteiger partial charge in [0.1, 0.15) is 5.69 Å². The molecule has 4 N–H and O–H groups in total.